The number of rotatable bonds is 4. The average Bonchev–Trinajstić information content (AvgIpc) is 3.21. The lowest BCUT2D eigenvalue weighted by Gasteiger charge is -2.34. The lowest BCUT2D eigenvalue weighted by atomic mass is 10.1. The van der Waals surface area contributed by atoms with Crippen molar-refractivity contribution in [2.75, 3.05) is 18.5 Å². The van der Waals surface area contributed by atoms with E-state index in [1.165, 1.54) is 0 Å². The first kappa shape index (κ1) is 17.8. The molecule has 2 heterocycles. The third kappa shape index (κ3) is 3.46. The second-order valence-electron chi connectivity index (χ2n) is 6.50. The van der Waals surface area contributed by atoms with E-state index in [-0.39, 0.29) is 24.8 Å². The van der Waals surface area contributed by atoms with E-state index in [0.717, 1.165) is 11.3 Å². The number of likely N-dealkylation sites (N-methyl/N-ethyl adjacent to an activating group) is 1. The van der Waals surface area contributed by atoms with Crippen LogP contribution in [0.25, 0.3) is 5.69 Å². The molecule has 0 saturated heterocycles. The third-order valence-corrected chi connectivity index (χ3v) is 4.63. The van der Waals surface area contributed by atoms with Crippen LogP contribution in [0.2, 0.25) is 0 Å². The second-order valence-corrected chi connectivity index (χ2v) is 6.50. The Labute approximate surface area is 162 Å². The van der Waals surface area contributed by atoms with Crippen LogP contribution in [-0.2, 0) is 16.0 Å². The highest BCUT2D eigenvalue weighted by atomic mass is 16.5. The van der Waals surface area contributed by atoms with E-state index >= 15 is 0 Å². The van der Waals surface area contributed by atoms with Crippen LogP contribution < -0.4 is 15.0 Å². The van der Waals surface area contributed by atoms with E-state index in [1.807, 2.05) is 54.7 Å². The lowest BCUT2D eigenvalue weighted by molar-refractivity contribution is -0.127. The third-order valence-electron chi connectivity index (χ3n) is 4.63. The molecule has 3 aromatic rings. The summed E-state index contributed by atoms with van der Waals surface area (Å²) in [5.74, 6) is 0.150. The Balaban J connectivity index is 1.56. The molecule has 0 aliphatic carbocycles. The molecule has 1 N–H and O–H groups in total. The van der Waals surface area contributed by atoms with Gasteiger partial charge >= 0.3 is 0 Å². The van der Waals surface area contributed by atoms with Crippen LogP contribution in [0.3, 0.4) is 0 Å². The summed E-state index contributed by atoms with van der Waals surface area (Å²) in [6.07, 6.45) is 2.97. The van der Waals surface area contributed by atoms with Crippen molar-refractivity contribution in [2.24, 2.45) is 0 Å². The number of benzene rings is 2. The minimum atomic E-state index is -0.740. The topological polar surface area (TPSA) is 76.5 Å². The summed E-state index contributed by atoms with van der Waals surface area (Å²) in [7, 11) is 1.55. The van der Waals surface area contributed by atoms with Crippen LogP contribution in [0.4, 0.5) is 5.69 Å². The first-order valence-electron chi connectivity index (χ1n) is 9.02. The van der Waals surface area contributed by atoms with E-state index in [4.69, 9.17) is 4.74 Å². The molecule has 2 aromatic carbocycles. The molecule has 0 radical (unpaired) electrons. The Morgan fingerprint density at radius 3 is 2.68 bits per heavy atom. The molecule has 7 heteroatoms. The Bertz CT molecular complexity index is 1000. The predicted octanol–water partition coefficient (Wildman–Crippen LogP) is 1.96. The van der Waals surface area contributed by atoms with Crippen LogP contribution in [0.15, 0.2) is 67.0 Å². The van der Waals surface area contributed by atoms with Crippen LogP contribution in [0, 0.1) is 0 Å². The number of ether oxygens (including phenoxy) is 1. The molecule has 1 aliphatic heterocycles. The molecule has 0 bridgehead atoms. The highest BCUT2D eigenvalue weighted by Gasteiger charge is 2.33. The summed E-state index contributed by atoms with van der Waals surface area (Å²) in [4.78, 5) is 26.7. The number of carbonyl (C=O) groups excluding carboxylic acids is 2. The maximum absolute atomic E-state index is 13.0. The quantitative estimate of drug-likeness (QED) is 0.755. The Morgan fingerprint density at radius 1 is 1.14 bits per heavy atom. The minimum absolute atomic E-state index is 0.114. The molecular formula is C21H20N4O3. The highest BCUT2D eigenvalue weighted by Crippen LogP contribution is 2.33. The maximum atomic E-state index is 13.0. The van der Waals surface area contributed by atoms with Crippen molar-refractivity contribution in [3.05, 3.63) is 72.6 Å². The number of nitrogens with one attached hydrogen (secondary N) is 1. The standard InChI is InChI=1S/C21H20N4O3/c1-22-21(27)19-14-24(17-9-5-6-10-18(17)28-19)20(26)11-15-12-23-25(13-15)16-7-3-2-4-8-16/h2-10,12-13,19H,11,14H2,1H3,(H,22,27). The number of anilines is 1. The summed E-state index contributed by atoms with van der Waals surface area (Å²) in [5.41, 5.74) is 2.40. The fraction of sp³-hybridized carbons (Fsp3) is 0.190. The fourth-order valence-corrected chi connectivity index (χ4v) is 3.21. The molecule has 1 aromatic heterocycles. The Morgan fingerprint density at radius 2 is 1.89 bits per heavy atom. The van der Waals surface area contributed by atoms with Crippen molar-refractivity contribution in [2.45, 2.75) is 12.5 Å². The molecule has 7 nitrogen and oxygen atoms in total. The van der Waals surface area contributed by atoms with Gasteiger partial charge in [-0.2, -0.15) is 5.10 Å². The van der Waals surface area contributed by atoms with Gasteiger partial charge in [0.15, 0.2) is 6.10 Å². The fourth-order valence-electron chi connectivity index (χ4n) is 3.21. The normalized spacial score (nSPS) is 15.5. The van der Waals surface area contributed by atoms with Gasteiger partial charge in [-0.3, -0.25) is 9.59 Å². The molecular weight excluding hydrogens is 356 g/mol. The zero-order chi connectivity index (χ0) is 19.5. The van der Waals surface area contributed by atoms with Gasteiger partial charge in [0.1, 0.15) is 5.75 Å². The second kappa shape index (κ2) is 7.56. The van der Waals surface area contributed by atoms with Gasteiger partial charge in [0.2, 0.25) is 5.91 Å². The Hall–Kier alpha value is -3.61. The van der Waals surface area contributed by atoms with Crippen molar-refractivity contribution < 1.29 is 14.3 Å². The van der Waals surface area contributed by atoms with Gasteiger partial charge in [-0.25, -0.2) is 4.68 Å². The van der Waals surface area contributed by atoms with Crippen molar-refractivity contribution in [3.63, 3.8) is 0 Å². The molecule has 0 fully saturated rings. The molecule has 0 saturated carbocycles. The monoisotopic (exact) mass is 376 g/mol. The van der Waals surface area contributed by atoms with E-state index in [0.29, 0.717) is 11.4 Å². The molecule has 0 spiro atoms. The SMILES string of the molecule is CNC(=O)C1CN(C(=O)Cc2cnn(-c3ccccc3)c2)c2ccccc2O1. The molecule has 1 atom stereocenters. The average molecular weight is 376 g/mol. The number of para-hydroxylation sites is 3. The number of hydrogen-bond acceptors (Lipinski definition) is 4. The molecule has 1 unspecified atom stereocenters. The van der Waals surface area contributed by atoms with Crippen molar-refractivity contribution >= 4 is 17.5 Å². The van der Waals surface area contributed by atoms with Gasteiger partial charge in [-0.15, -0.1) is 0 Å². The summed E-state index contributed by atoms with van der Waals surface area (Å²) in [5, 5.41) is 6.92. The Kier molecular flexibility index (Phi) is 4.80. The van der Waals surface area contributed by atoms with Crippen LogP contribution in [0.5, 0.6) is 5.75 Å². The van der Waals surface area contributed by atoms with Crippen LogP contribution in [-0.4, -0.2) is 41.3 Å². The maximum Gasteiger partial charge on any atom is 0.262 e. The van der Waals surface area contributed by atoms with Crippen LogP contribution in [0.1, 0.15) is 5.56 Å². The van der Waals surface area contributed by atoms with Gasteiger partial charge in [0.05, 0.1) is 30.5 Å². The van der Waals surface area contributed by atoms with Gasteiger partial charge in [-0.05, 0) is 29.8 Å². The first-order chi connectivity index (χ1) is 13.7. The predicted molar refractivity (Wildman–Crippen MR) is 105 cm³/mol. The number of amides is 2. The summed E-state index contributed by atoms with van der Waals surface area (Å²) in [6.45, 7) is 0.169. The van der Waals surface area contributed by atoms with Gasteiger partial charge < -0.3 is 15.0 Å². The van der Waals surface area contributed by atoms with E-state index in [9.17, 15) is 9.59 Å². The van der Waals surface area contributed by atoms with Crippen molar-refractivity contribution in [3.8, 4) is 11.4 Å². The smallest absolute Gasteiger partial charge is 0.262 e. The summed E-state index contributed by atoms with van der Waals surface area (Å²) >= 11 is 0. The summed E-state index contributed by atoms with van der Waals surface area (Å²) < 4.78 is 7.49. The number of hydrogen-bond donors (Lipinski definition) is 1. The zero-order valence-corrected chi connectivity index (χ0v) is 15.4. The molecule has 1 aliphatic rings. The van der Waals surface area contributed by atoms with Gasteiger partial charge in [0, 0.05) is 13.2 Å². The molecule has 142 valence electrons. The highest BCUT2D eigenvalue weighted by molar-refractivity contribution is 5.98. The molecule has 4 rings (SSSR count). The minimum Gasteiger partial charge on any atom is -0.477 e. The number of aromatic nitrogens is 2. The van der Waals surface area contributed by atoms with E-state index in [1.54, 1.807) is 28.9 Å². The van der Waals surface area contributed by atoms with E-state index in [2.05, 4.69) is 10.4 Å². The number of nitrogens with zero attached hydrogens (tertiary/aromatic N) is 3. The molecule has 28 heavy (non-hydrogen) atoms. The summed E-state index contributed by atoms with van der Waals surface area (Å²) in [6, 6.07) is 17.0. The van der Waals surface area contributed by atoms with Crippen molar-refractivity contribution in [1.82, 2.24) is 15.1 Å². The molecule has 2 amide bonds. The van der Waals surface area contributed by atoms with Gasteiger partial charge in [-0.1, -0.05) is 30.3 Å². The lowest BCUT2D eigenvalue weighted by Crippen LogP contribution is -2.50. The van der Waals surface area contributed by atoms with Gasteiger partial charge in [0.25, 0.3) is 5.91 Å². The first-order valence-corrected chi connectivity index (χ1v) is 9.02. The number of fused-ring (bicyclic) bond motifs is 1. The van der Waals surface area contributed by atoms with E-state index < -0.39 is 6.10 Å². The number of carbonyl (C=O) groups is 2. The largest absolute Gasteiger partial charge is 0.477 e. The van der Waals surface area contributed by atoms with Crippen molar-refractivity contribution in [1.29, 1.82) is 0 Å². The zero-order valence-electron chi connectivity index (χ0n) is 15.4. The van der Waals surface area contributed by atoms with Crippen LogP contribution >= 0.6 is 0 Å².